The molecule has 0 radical (unpaired) electrons. The molecule has 2 aromatic carbocycles. The van der Waals surface area contributed by atoms with Crippen molar-refractivity contribution in [2.75, 3.05) is 18.5 Å². The minimum atomic E-state index is -0.197. The number of hydrogen-bond donors (Lipinski definition) is 2. The molecule has 0 saturated carbocycles. The van der Waals surface area contributed by atoms with E-state index in [1.165, 1.54) is 0 Å². The van der Waals surface area contributed by atoms with Crippen LogP contribution in [-0.2, 0) is 11.2 Å². The third-order valence-electron chi connectivity index (χ3n) is 4.08. The van der Waals surface area contributed by atoms with E-state index in [0.717, 1.165) is 17.7 Å². The predicted molar refractivity (Wildman–Crippen MR) is 87.5 cm³/mol. The van der Waals surface area contributed by atoms with Crippen LogP contribution in [0.3, 0.4) is 0 Å². The molecule has 2 aliphatic rings. The summed E-state index contributed by atoms with van der Waals surface area (Å²) < 4.78 is 11.1. The van der Waals surface area contributed by atoms with Gasteiger partial charge in [0.1, 0.15) is 17.6 Å². The first-order valence-corrected chi connectivity index (χ1v) is 7.78. The van der Waals surface area contributed by atoms with Gasteiger partial charge in [0.05, 0.1) is 12.2 Å². The SMILES string of the molecule is O=C1COc2cc(C(=O)NCC3Cc4ccccc4O3)ccc2N1. The number of ether oxygens (including phenoxy) is 2. The van der Waals surface area contributed by atoms with Gasteiger partial charge in [0.2, 0.25) is 0 Å². The Morgan fingerprint density at radius 3 is 2.96 bits per heavy atom. The topological polar surface area (TPSA) is 76.7 Å². The van der Waals surface area contributed by atoms with Gasteiger partial charge in [-0.05, 0) is 29.8 Å². The molecular formula is C18H16N2O4. The maximum absolute atomic E-state index is 12.3. The fourth-order valence-corrected chi connectivity index (χ4v) is 2.89. The summed E-state index contributed by atoms with van der Waals surface area (Å²) in [5.41, 5.74) is 2.23. The molecule has 0 bridgehead atoms. The van der Waals surface area contributed by atoms with E-state index in [4.69, 9.17) is 9.47 Å². The third kappa shape index (κ3) is 2.78. The van der Waals surface area contributed by atoms with Crippen LogP contribution in [0.2, 0.25) is 0 Å². The first kappa shape index (κ1) is 14.6. The molecule has 0 aromatic heterocycles. The molecule has 6 heteroatoms. The lowest BCUT2D eigenvalue weighted by molar-refractivity contribution is -0.118. The second-order valence-electron chi connectivity index (χ2n) is 5.81. The van der Waals surface area contributed by atoms with Crippen molar-refractivity contribution in [1.29, 1.82) is 0 Å². The summed E-state index contributed by atoms with van der Waals surface area (Å²) in [5, 5.41) is 5.58. The number of nitrogens with one attached hydrogen (secondary N) is 2. The standard InChI is InChI=1S/C18H16N2O4/c21-17-10-23-16-8-12(5-6-14(16)20-17)18(22)19-9-13-7-11-3-1-2-4-15(11)24-13/h1-6,8,13H,7,9-10H2,(H,19,22)(H,20,21). The van der Waals surface area contributed by atoms with Gasteiger partial charge in [-0.15, -0.1) is 0 Å². The largest absolute Gasteiger partial charge is 0.488 e. The highest BCUT2D eigenvalue weighted by Gasteiger charge is 2.23. The summed E-state index contributed by atoms with van der Waals surface area (Å²) in [6.45, 7) is 0.397. The van der Waals surface area contributed by atoms with Crippen LogP contribution in [0.4, 0.5) is 5.69 Å². The molecule has 0 saturated heterocycles. The Morgan fingerprint density at radius 2 is 2.08 bits per heavy atom. The average molecular weight is 324 g/mol. The van der Waals surface area contributed by atoms with Crippen LogP contribution in [0.15, 0.2) is 42.5 Å². The molecule has 0 fully saturated rings. The number of carbonyl (C=O) groups is 2. The number of benzene rings is 2. The van der Waals surface area contributed by atoms with Gasteiger partial charge in [-0.25, -0.2) is 0 Å². The lowest BCUT2D eigenvalue weighted by Gasteiger charge is -2.18. The average Bonchev–Trinajstić information content (AvgIpc) is 3.02. The van der Waals surface area contributed by atoms with Gasteiger partial charge in [0.15, 0.2) is 6.61 Å². The number of rotatable bonds is 3. The number of para-hydroxylation sites is 1. The van der Waals surface area contributed by atoms with Crippen LogP contribution in [0, 0.1) is 0 Å². The van der Waals surface area contributed by atoms with Crippen molar-refractivity contribution < 1.29 is 19.1 Å². The fourth-order valence-electron chi connectivity index (χ4n) is 2.89. The second kappa shape index (κ2) is 5.88. The van der Waals surface area contributed by atoms with Gasteiger partial charge in [-0.2, -0.15) is 0 Å². The minimum absolute atomic E-state index is 0.0355. The molecule has 4 rings (SSSR count). The maximum atomic E-state index is 12.3. The van der Waals surface area contributed by atoms with Crippen LogP contribution in [-0.4, -0.2) is 31.1 Å². The van der Waals surface area contributed by atoms with Gasteiger partial charge in [0.25, 0.3) is 11.8 Å². The summed E-state index contributed by atoms with van der Waals surface area (Å²) in [4.78, 5) is 23.6. The van der Waals surface area contributed by atoms with E-state index in [0.29, 0.717) is 23.5 Å². The second-order valence-corrected chi connectivity index (χ2v) is 5.81. The van der Waals surface area contributed by atoms with Crippen molar-refractivity contribution in [3.05, 3.63) is 53.6 Å². The fraction of sp³-hybridized carbons (Fsp3) is 0.222. The Labute approximate surface area is 138 Å². The van der Waals surface area contributed by atoms with Crippen LogP contribution < -0.4 is 20.1 Å². The van der Waals surface area contributed by atoms with Crippen molar-refractivity contribution >= 4 is 17.5 Å². The van der Waals surface area contributed by atoms with Gasteiger partial charge in [-0.3, -0.25) is 9.59 Å². The third-order valence-corrected chi connectivity index (χ3v) is 4.08. The van der Waals surface area contributed by atoms with Crippen LogP contribution in [0.1, 0.15) is 15.9 Å². The molecule has 2 aromatic rings. The molecule has 2 N–H and O–H groups in total. The van der Waals surface area contributed by atoms with Crippen molar-refractivity contribution in [3.8, 4) is 11.5 Å². The Bertz CT molecular complexity index is 793. The van der Waals surface area contributed by atoms with Crippen LogP contribution in [0.25, 0.3) is 0 Å². The molecule has 1 unspecified atom stereocenters. The van der Waals surface area contributed by atoms with Crippen molar-refractivity contribution in [2.45, 2.75) is 12.5 Å². The molecule has 0 aliphatic carbocycles. The van der Waals surface area contributed by atoms with Crippen LogP contribution >= 0.6 is 0 Å². The lowest BCUT2D eigenvalue weighted by atomic mass is 10.1. The zero-order chi connectivity index (χ0) is 16.5. The quantitative estimate of drug-likeness (QED) is 0.902. The van der Waals surface area contributed by atoms with E-state index in [-0.39, 0.29) is 24.5 Å². The lowest BCUT2D eigenvalue weighted by Crippen LogP contribution is -2.34. The molecule has 2 heterocycles. The minimum Gasteiger partial charge on any atom is -0.488 e. The molecule has 2 amide bonds. The Balaban J connectivity index is 1.38. The van der Waals surface area contributed by atoms with Gasteiger partial charge < -0.3 is 20.1 Å². The molecule has 24 heavy (non-hydrogen) atoms. The predicted octanol–water partition coefficient (Wildman–Crippen LogP) is 1.75. The van der Waals surface area contributed by atoms with Crippen molar-refractivity contribution in [3.63, 3.8) is 0 Å². The summed E-state index contributed by atoms with van der Waals surface area (Å²) >= 11 is 0. The molecule has 2 aliphatic heterocycles. The number of anilines is 1. The number of amides is 2. The van der Waals surface area contributed by atoms with E-state index in [2.05, 4.69) is 10.6 Å². The maximum Gasteiger partial charge on any atom is 0.262 e. The number of carbonyl (C=O) groups excluding carboxylic acids is 2. The van der Waals surface area contributed by atoms with E-state index >= 15 is 0 Å². The smallest absolute Gasteiger partial charge is 0.262 e. The number of fused-ring (bicyclic) bond motifs is 2. The molecule has 6 nitrogen and oxygen atoms in total. The normalized spacial score (nSPS) is 17.8. The Kier molecular flexibility index (Phi) is 3.57. The Hall–Kier alpha value is -3.02. The van der Waals surface area contributed by atoms with E-state index < -0.39 is 0 Å². The highest BCUT2D eigenvalue weighted by atomic mass is 16.5. The van der Waals surface area contributed by atoms with Gasteiger partial charge in [-0.1, -0.05) is 18.2 Å². The summed E-state index contributed by atoms with van der Waals surface area (Å²) in [5.74, 6) is 0.997. The zero-order valence-corrected chi connectivity index (χ0v) is 12.9. The summed E-state index contributed by atoms with van der Waals surface area (Å²) in [6.07, 6.45) is 0.731. The highest BCUT2D eigenvalue weighted by Crippen LogP contribution is 2.29. The van der Waals surface area contributed by atoms with Gasteiger partial charge >= 0.3 is 0 Å². The van der Waals surface area contributed by atoms with E-state index in [9.17, 15) is 9.59 Å². The molecule has 1 atom stereocenters. The molecular weight excluding hydrogens is 308 g/mol. The van der Waals surface area contributed by atoms with Crippen molar-refractivity contribution in [1.82, 2.24) is 5.32 Å². The summed E-state index contributed by atoms with van der Waals surface area (Å²) in [6, 6.07) is 12.9. The zero-order valence-electron chi connectivity index (χ0n) is 12.9. The Morgan fingerprint density at radius 1 is 1.21 bits per heavy atom. The molecule has 0 spiro atoms. The van der Waals surface area contributed by atoms with Gasteiger partial charge in [0, 0.05) is 12.0 Å². The van der Waals surface area contributed by atoms with E-state index in [1.54, 1.807) is 18.2 Å². The number of hydrogen-bond acceptors (Lipinski definition) is 4. The molecule has 122 valence electrons. The monoisotopic (exact) mass is 324 g/mol. The highest BCUT2D eigenvalue weighted by molar-refractivity contribution is 5.99. The van der Waals surface area contributed by atoms with E-state index in [1.807, 2.05) is 24.3 Å². The van der Waals surface area contributed by atoms with Crippen LogP contribution in [0.5, 0.6) is 11.5 Å². The summed E-state index contributed by atoms with van der Waals surface area (Å²) in [7, 11) is 0. The first-order chi connectivity index (χ1) is 11.7. The first-order valence-electron chi connectivity index (χ1n) is 7.78. The van der Waals surface area contributed by atoms with Crippen molar-refractivity contribution in [2.24, 2.45) is 0 Å².